The molecule has 0 fully saturated rings. The van der Waals surface area contributed by atoms with Crippen molar-refractivity contribution < 1.29 is 0 Å². The van der Waals surface area contributed by atoms with Crippen LogP contribution in [0.4, 0.5) is 0 Å². The molecule has 0 amide bonds. The van der Waals surface area contributed by atoms with Crippen LogP contribution in [0.2, 0.25) is 0 Å². The van der Waals surface area contributed by atoms with Gasteiger partial charge in [-0.1, -0.05) is 91.3 Å². The van der Waals surface area contributed by atoms with Gasteiger partial charge in [-0.3, -0.25) is 4.99 Å². The number of allylic oxidation sites excluding steroid dienone is 6. The van der Waals surface area contributed by atoms with Gasteiger partial charge in [-0.25, -0.2) is 0 Å². The Kier molecular flexibility index (Phi) is 12.1. The first-order valence-corrected chi connectivity index (χ1v) is 9.11. The molecule has 0 saturated carbocycles. The molecule has 0 bridgehead atoms. The predicted molar refractivity (Wildman–Crippen MR) is 114 cm³/mol. The Bertz CT molecular complexity index is 496. The minimum atomic E-state index is -0.0197. The van der Waals surface area contributed by atoms with Crippen LogP contribution in [0.15, 0.2) is 65.9 Å². The molecule has 0 aromatic rings. The summed E-state index contributed by atoms with van der Waals surface area (Å²) >= 11 is 0. The maximum Gasteiger partial charge on any atom is 0.0481 e. The molecule has 0 spiro atoms. The molecule has 0 N–H and O–H groups in total. The van der Waals surface area contributed by atoms with Crippen molar-refractivity contribution in [2.24, 2.45) is 21.7 Å². The van der Waals surface area contributed by atoms with Crippen LogP contribution in [0, 0.1) is 16.7 Å². The lowest BCUT2D eigenvalue weighted by atomic mass is 9.84. The first kappa shape index (κ1) is 24.6. The quantitative estimate of drug-likeness (QED) is 0.462. The Labute approximate surface area is 151 Å². The number of nitrogens with zero attached hydrogens (tertiary/aromatic N) is 1. The normalized spacial score (nSPS) is 17.2. The van der Waals surface area contributed by atoms with Gasteiger partial charge in [0.1, 0.15) is 0 Å². The lowest BCUT2D eigenvalue weighted by molar-refractivity contribution is 0.604. The Morgan fingerprint density at radius 3 is 2.17 bits per heavy atom. The Balaban J connectivity index is 0. The van der Waals surface area contributed by atoms with E-state index in [9.17, 15) is 0 Å². The molecule has 1 aliphatic heterocycles. The Morgan fingerprint density at radius 1 is 1.17 bits per heavy atom. The first-order valence-electron chi connectivity index (χ1n) is 9.11. The molecule has 1 heteroatoms. The third-order valence-corrected chi connectivity index (χ3v) is 3.53. The highest BCUT2D eigenvalue weighted by Gasteiger charge is 2.20. The van der Waals surface area contributed by atoms with E-state index in [-0.39, 0.29) is 16.7 Å². The smallest absolute Gasteiger partial charge is 0.0481 e. The molecule has 1 rings (SSSR count). The van der Waals surface area contributed by atoms with E-state index in [1.807, 2.05) is 52.1 Å². The summed E-state index contributed by atoms with van der Waals surface area (Å²) in [5, 5.41) is 0. The first-order chi connectivity index (χ1) is 11.2. The maximum absolute atomic E-state index is 4.58. The van der Waals surface area contributed by atoms with Crippen LogP contribution >= 0.6 is 0 Å². The zero-order chi connectivity index (χ0) is 19.4. The molecule has 0 aromatic carbocycles. The van der Waals surface area contributed by atoms with E-state index < -0.39 is 0 Å². The summed E-state index contributed by atoms with van der Waals surface area (Å²) in [5.41, 5.74) is 2.31. The zero-order valence-corrected chi connectivity index (χ0v) is 17.5. The summed E-state index contributed by atoms with van der Waals surface area (Å²) in [6.07, 6.45) is 14.4. The van der Waals surface area contributed by atoms with E-state index in [4.69, 9.17) is 0 Å². The summed E-state index contributed by atoms with van der Waals surface area (Å²) in [5.74, 6) is 0.143. The fourth-order valence-corrected chi connectivity index (χ4v) is 2.33. The van der Waals surface area contributed by atoms with Crippen LogP contribution in [-0.2, 0) is 0 Å². The summed E-state index contributed by atoms with van der Waals surface area (Å²) in [6.45, 7) is 26.7. The van der Waals surface area contributed by atoms with Gasteiger partial charge < -0.3 is 0 Å². The second-order valence-electron chi connectivity index (χ2n) is 6.66. The van der Waals surface area contributed by atoms with Crippen LogP contribution in [0.3, 0.4) is 0 Å². The zero-order valence-electron chi connectivity index (χ0n) is 17.5. The number of aliphatic imine (C=N–C) groups is 1. The van der Waals surface area contributed by atoms with E-state index in [0.29, 0.717) is 0 Å². The summed E-state index contributed by atoms with van der Waals surface area (Å²) < 4.78 is 0. The van der Waals surface area contributed by atoms with Crippen LogP contribution in [-0.4, -0.2) is 6.21 Å². The van der Waals surface area contributed by atoms with Crippen molar-refractivity contribution in [1.29, 1.82) is 0 Å². The van der Waals surface area contributed by atoms with E-state index in [1.165, 1.54) is 5.57 Å². The van der Waals surface area contributed by atoms with Crippen LogP contribution < -0.4 is 0 Å². The van der Waals surface area contributed by atoms with Crippen molar-refractivity contribution in [3.05, 3.63) is 60.9 Å². The lowest BCUT2D eigenvalue weighted by Gasteiger charge is -2.22. The maximum atomic E-state index is 4.58. The van der Waals surface area contributed by atoms with Crippen LogP contribution in [0.1, 0.15) is 62.3 Å². The number of hydrogen-bond acceptors (Lipinski definition) is 1. The van der Waals surface area contributed by atoms with Gasteiger partial charge in [-0.05, 0) is 13.0 Å². The fourth-order valence-electron chi connectivity index (χ4n) is 2.33. The third-order valence-electron chi connectivity index (χ3n) is 3.53. The lowest BCUT2D eigenvalue weighted by Crippen LogP contribution is -2.10. The van der Waals surface area contributed by atoms with Gasteiger partial charge in [0, 0.05) is 28.7 Å². The van der Waals surface area contributed by atoms with E-state index in [2.05, 4.69) is 71.0 Å². The van der Waals surface area contributed by atoms with E-state index in [1.54, 1.807) is 0 Å². The van der Waals surface area contributed by atoms with Crippen molar-refractivity contribution >= 4 is 6.21 Å². The SMILES string of the molecule is C=CC(C(C)=CC(C)(C)C=C)C1=CC(C)(C)C=CC=N1.CC.CC. The number of hydrogen-bond donors (Lipinski definition) is 0. The molecule has 0 saturated heterocycles. The minimum Gasteiger partial charge on any atom is -0.261 e. The Hall–Kier alpha value is -1.63. The second kappa shape index (κ2) is 11.8. The van der Waals surface area contributed by atoms with Gasteiger partial charge in [0.25, 0.3) is 0 Å². The van der Waals surface area contributed by atoms with E-state index >= 15 is 0 Å². The van der Waals surface area contributed by atoms with Gasteiger partial charge in [0.05, 0.1) is 0 Å². The highest BCUT2D eigenvalue weighted by atomic mass is 14.7. The topological polar surface area (TPSA) is 12.4 Å². The average Bonchev–Trinajstić information content (AvgIpc) is 2.72. The van der Waals surface area contributed by atoms with Gasteiger partial charge in [0.2, 0.25) is 0 Å². The Morgan fingerprint density at radius 2 is 1.71 bits per heavy atom. The van der Waals surface area contributed by atoms with Gasteiger partial charge in [-0.2, -0.15) is 0 Å². The molecule has 1 heterocycles. The third kappa shape index (κ3) is 8.86. The molecular weight excluding hydrogens is 290 g/mol. The summed E-state index contributed by atoms with van der Waals surface area (Å²) in [6, 6.07) is 0. The molecule has 24 heavy (non-hydrogen) atoms. The highest BCUT2D eigenvalue weighted by Crippen LogP contribution is 2.32. The highest BCUT2D eigenvalue weighted by molar-refractivity contribution is 5.73. The standard InChI is InChI=1S/C19H27N.2C2H6/c1-8-16(15(3)13-18(4,5)9-2)17-14-19(6,7)11-10-12-20-17;2*1-2/h8-14,16H,1-2H2,3-7H3;2*1-2H3. The monoisotopic (exact) mass is 329 g/mol. The molecule has 0 radical (unpaired) electrons. The molecule has 1 aliphatic rings. The van der Waals surface area contributed by atoms with Crippen molar-refractivity contribution in [2.45, 2.75) is 62.3 Å². The molecule has 0 aromatic heterocycles. The minimum absolute atomic E-state index is 0.0152. The average molecular weight is 330 g/mol. The fraction of sp³-hybridized carbons (Fsp3) is 0.522. The van der Waals surface area contributed by atoms with Crippen molar-refractivity contribution in [3.8, 4) is 0 Å². The largest absolute Gasteiger partial charge is 0.261 e. The van der Waals surface area contributed by atoms with Crippen molar-refractivity contribution in [1.82, 2.24) is 0 Å². The summed E-state index contributed by atoms with van der Waals surface area (Å²) in [4.78, 5) is 4.58. The second-order valence-corrected chi connectivity index (χ2v) is 6.66. The van der Waals surface area contributed by atoms with Crippen LogP contribution in [0.5, 0.6) is 0 Å². The predicted octanol–water partition coefficient (Wildman–Crippen LogP) is 7.55. The molecule has 1 atom stereocenters. The summed E-state index contributed by atoms with van der Waals surface area (Å²) in [7, 11) is 0. The molecule has 0 aliphatic carbocycles. The molecular formula is C23H39N. The van der Waals surface area contributed by atoms with Gasteiger partial charge >= 0.3 is 0 Å². The molecule has 136 valence electrons. The van der Waals surface area contributed by atoms with Crippen molar-refractivity contribution in [3.63, 3.8) is 0 Å². The van der Waals surface area contributed by atoms with Gasteiger partial charge in [0.15, 0.2) is 0 Å². The molecule has 1 nitrogen and oxygen atoms in total. The van der Waals surface area contributed by atoms with Crippen molar-refractivity contribution in [2.75, 3.05) is 0 Å². The van der Waals surface area contributed by atoms with Gasteiger partial charge in [-0.15, -0.1) is 13.2 Å². The van der Waals surface area contributed by atoms with E-state index in [0.717, 1.165) is 5.70 Å². The number of rotatable bonds is 5. The van der Waals surface area contributed by atoms with Crippen LogP contribution in [0.25, 0.3) is 0 Å². The molecule has 1 unspecified atom stereocenters.